The van der Waals surface area contributed by atoms with E-state index in [9.17, 15) is 13.2 Å². The van der Waals surface area contributed by atoms with Crippen molar-refractivity contribution in [3.8, 4) is 0 Å². The number of sulfone groups is 1. The van der Waals surface area contributed by atoms with E-state index in [1.165, 1.54) is 13.3 Å². The molecule has 3 atom stereocenters. The lowest BCUT2D eigenvalue weighted by atomic mass is 9.86. The predicted molar refractivity (Wildman–Crippen MR) is 106 cm³/mol. The summed E-state index contributed by atoms with van der Waals surface area (Å²) in [5.74, 6) is -0.0898. The van der Waals surface area contributed by atoms with Crippen LogP contribution >= 0.6 is 0 Å². The molecule has 1 fully saturated rings. The van der Waals surface area contributed by atoms with Gasteiger partial charge in [0.1, 0.15) is 5.25 Å². The third-order valence-electron chi connectivity index (χ3n) is 5.58. The van der Waals surface area contributed by atoms with E-state index in [0.29, 0.717) is 5.92 Å². The van der Waals surface area contributed by atoms with Crippen molar-refractivity contribution in [2.45, 2.75) is 56.6 Å². The number of carbonyl (C=O) groups is 1. The van der Waals surface area contributed by atoms with Gasteiger partial charge in [-0.25, -0.2) is 8.42 Å². The van der Waals surface area contributed by atoms with Crippen LogP contribution in [0.2, 0.25) is 0 Å². The van der Waals surface area contributed by atoms with Crippen LogP contribution in [-0.2, 0) is 20.4 Å². The summed E-state index contributed by atoms with van der Waals surface area (Å²) in [5, 5.41) is 3.86. The fraction of sp³-hybridized carbons (Fsp3) is 0.476. The van der Waals surface area contributed by atoms with Gasteiger partial charge in [0, 0.05) is 6.04 Å². The highest BCUT2D eigenvalue weighted by Crippen LogP contribution is 2.25. The molecule has 2 aromatic carbocycles. The molecule has 26 heavy (non-hydrogen) atoms. The van der Waals surface area contributed by atoms with E-state index < -0.39 is 15.1 Å². The van der Waals surface area contributed by atoms with Crippen molar-refractivity contribution in [2.24, 2.45) is 5.92 Å². The van der Waals surface area contributed by atoms with Gasteiger partial charge in [0.2, 0.25) is 5.91 Å². The van der Waals surface area contributed by atoms with Crippen LogP contribution in [0.3, 0.4) is 0 Å². The molecule has 0 saturated heterocycles. The zero-order valence-corrected chi connectivity index (χ0v) is 16.3. The van der Waals surface area contributed by atoms with E-state index >= 15 is 0 Å². The Bertz CT molecular complexity index is 886. The van der Waals surface area contributed by atoms with Crippen LogP contribution < -0.4 is 5.32 Å². The molecule has 1 saturated carbocycles. The van der Waals surface area contributed by atoms with Crippen LogP contribution in [-0.4, -0.2) is 25.6 Å². The number of amides is 1. The first-order chi connectivity index (χ1) is 12.4. The molecule has 5 heteroatoms. The molecule has 0 bridgehead atoms. The highest BCUT2D eigenvalue weighted by molar-refractivity contribution is 7.92. The Kier molecular flexibility index (Phi) is 5.66. The van der Waals surface area contributed by atoms with Gasteiger partial charge in [-0.3, -0.25) is 4.79 Å². The summed E-state index contributed by atoms with van der Waals surface area (Å²) in [5.41, 5.74) is 0.744. The summed E-state index contributed by atoms with van der Waals surface area (Å²) in [6.45, 7) is 3.63. The molecule has 3 unspecified atom stereocenters. The Balaban J connectivity index is 1.75. The summed E-state index contributed by atoms with van der Waals surface area (Å²) < 4.78 is 25.7. The molecule has 0 aliphatic heterocycles. The first kappa shape index (κ1) is 18.9. The van der Waals surface area contributed by atoms with Crippen LogP contribution in [0.25, 0.3) is 10.8 Å². The number of rotatable bonds is 5. The van der Waals surface area contributed by atoms with Gasteiger partial charge in [-0.05, 0) is 42.0 Å². The van der Waals surface area contributed by atoms with Crippen molar-refractivity contribution >= 4 is 26.5 Å². The van der Waals surface area contributed by atoms with Gasteiger partial charge in [0.15, 0.2) is 9.84 Å². The molecule has 1 amide bonds. The highest BCUT2D eigenvalue weighted by atomic mass is 32.2. The molecule has 1 aliphatic carbocycles. The van der Waals surface area contributed by atoms with E-state index in [0.717, 1.165) is 35.6 Å². The summed E-state index contributed by atoms with van der Waals surface area (Å²) in [4.78, 5) is 12.6. The third-order valence-corrected chi connectivity index (χ3v) is 7.59. The van der Waals surface area contributed by atoms with E-state index in [4.69, 9.17) is 0 Å². The quantitative estimate of drug-likeness (QED) is 0.866. The molecule has 140 valence electrons. The second-order valence-electron chi connectivity index (χ2n) is 7.46. The fourth-order valence-corrected chi connectivity index (χ4v) is 5.08. The summed E-state index contributed by atoms with van der Waals surface area (Å²) in [6.07, 6.45) is 4.29. The lowest BCUT2D eigenvalue weighted by Crippen LogP contribution is -2.47. The second kappa shape index (κ2) is 7.78. The zero-order valence-electron chi connectivity index (χ0n) is 15.4. The van der Waals surface area contributed by atoms with Gasteiger partial charge in [0.05, 0.1) is 5.75 Å². The van der Waals surface area contributed by atoms with E-state index in [1.807, 2.05) is 42.5 Å². The molecule has 1 aliphatic rings. The molecule has 0 aromatic heterocycles. The Morgan fingerprint density at radius 2 is 1.81 bits per heavy atom. The molecular weight excluding hydrogens is 346 g/mol. The van der Waals surface area contributed by atoms with Crippen LogP contribution in [0.15, 0.2) is 42.5 Å². The zero-order chi connectivity index (χ0) is 18.7. The van der Waals surface area contributed by atoms with Crippen molar-refractivity contribution < 1.29 is 13.2 Å². The maximum absolute atomic E-state index is 12.8. The normalized spacial score (nSPS) is 22.1. The van der Waals surface area contributed by atoms with E-state index in [-0.39, 0.29) is 17.7 Å². The smallest absolute Gasteiger partial charge is 0.238 e. The van der Waals surface area contributed by atoms with Crippen molar-refractivity contribution in [2.75, 3.05) is 0 Å². The average Bonchev–Trinajstić information content (AvgIpc) is 2.63. The van der Waals surface area contributed by atoms with Gasteiger partial charge in [-0.1, -0.05) is 62.2 Å². The Hall–Kier alpha value is -1.88. The van der Waals surface area contributed by atoms with Crippen molar-refractivity contribution in [3.05, 3.63) is 48.0 Å². The number of fused-ring (bicyclic) bond motifs is 1. The molecule has 4 nitrogen and oxygen atoms in total. The molecule has 0 spiro atoms. The molecular formula is C21H27NO3S. The molecule has 1 N–H and O–H groups in total. The summed E-state index contributed by atoms with van der Waals surface area (Å²) in [6, 6.07) is 13.5. The first-order valence-electron chi connectivity index (χ1n) is 9.37. The SMILES string of the molecule is CC1CCCCC1NC(=O)C(C)S(=O)(=O)Cc1cccc2ccccc12. The molecule has 3 rings (SSSR count). The Morgan fingerprint density at radius 1 is 1.12 bits per heavy atom. The minimum atomic E-state index is -3.58. The van der Waals surface area contributed by atoms with Crippen LogP contribution in [0.5, 0.6) is 0 Å². The van der Waals surface area contributed by atoms with Gasteiger partial charge in [0.25, 0.3) is 0 Å². The largest absolute Gasteiger partial charge is 0.352 e. The maximum Gasteiger partial charge on any atom is 0.238 e. The number of hydrogen-bond donors (Lipinski definition) is 1. The third kappa shape index (κ3) is 4.09. The minimum Gasteiger partial charge on any atom is -0.352 e. The molecule has 0 heterocycles. The number of benzene rings is 2. The van der Waals surface area contributed by atoms with Gasteiger partial charge < -0.3 is 5.32 Å². The Labute approximate surface area is 155 Å². The predicted octanol–water partition coefficient (Wildman–Crippen LogP) is 3.84. The van der Waals surface area contributed by atoms with Crippen molar-refractivity contribution in [1.29, 1.82) is 0 Å². The number of nitrogens with one attached hydrogen (secondary N) is 1. The Morgan fingerprint density at radius 3 is 2.58 bits per heavy atom. The van der Waals surface area contributed by atoms with Crippen LogP contribution in [0.4, 0.5) is 0 Å². The monoisotopic (exact) mass is 373 g/mol. The fourth-order valence-electron chi connectivity index (χ4n) is 3.75. The topological polar surface area (TPSA) is 63.2 Å². The lowest BCUT2D eigenvalue weighted by molar-refractivity contribution is -0.121. The highest BCUT2D eigenvalue weighted by Gasteiger charge is 2.31. The lowest BCUT2D eigenvalue weighted by Gasteiger charge is -2.30. The summed E-state index contributed by atoms with van der Waals surface area (Å²) in [7, 11) is -3.58. The standard InChI is InChI=1S/C21H27NO3S/c1-15-8-3-6-13-20(15)22-21(23)16(2)26(24,25)14-18-11-7-10-17-9-4-5-12-19(17)18/h4-5,7,9-12,15-16,20H,3,6,8,13-14H2,1-2H3,(H,22,23). The van der Waals surface area contributed by atoms with E-state index in [1.54, 1.807) is 0 Å². The molecule has 0 radical (unpaired) electrons. The second-order valence-corrected chi connectivity index (χ2v) is 9.79. The maximum atomic E-state index is 12.8. The average molecular weight is 374 g/mol. The molecule has 2 aromatic rings. The number of hydrogen-bond acceptors (Lipinski definition) is 3. The van der Waals surface area contributed by atoms with Crippen LogP contribution in [0, 0.1) is 5.92 Å². The first-order valence-corrected chi connectivity index (χ1v) is 11.1. The summed E-state index contributed by atoms with van der Waals surface area (Å²) >= 11 is 0. The van der Waals surface area contributed by atoms with Crippen molar-refractivity contribution in [1.82, 2.24) is 5.32 Å². The van der Waals surface area contributed by atoms with Gasteiger partial charge in [-0.2, -0.15) is 0 Å². The van der Waals surface area contributed by atoms with Gasteiger partial charge in [-0.15, -0.1) is 0 Å². The van der Waals surface area contributed by atoms with Gasteiger partial charge >= 0.3 is 0 Å². The minimum absolute atomic E-state index is 0.0893. The van der Waals surface area contributed by atoms with E-state index in [2.05, 4.69) is 12.2 Å². The van der Waals surface area contributed by atoms with Crippen molar-refractivity contribution in [3.63, 3.8) is 0 Å². The number of carbonyl (C=O) groups excluding carboxylic acids is 1. The van der Waals surface area contributed by atoms with Crippen LogP contribution in [0.1, 0.15) is 45.1 Å².